The zero-order valence-corrected chi connectivity index (χ0v) is 11.1. The number of nitrogens with two attached hydrogens (primary N) is 1. The topological polar surface area (TPSA) is 67.6 Å². The predicted octanol–water partition coefficient (Wildman–Crippen LogP) is -0.110. The first-order chi connectivity index (χ1) is 8.15. The van der Waals surface area contributed by atoms with E-state index in [-0.39, 0.29) is 11.9 Å². The number of unbranched alkanes of at least 4 members (excludes halogenated alkanes) is 1. The maximum Gasteiger partial charge on any atom is 0.239 e. The first-order valence-corrected chi connectivity index (χ1v) is 6.37. The number of rotatable bonds is 6. The van der Waals surface area contributed by atoms with Gasteiger partial charge in [-0.05, 0) is 25.8 Å². The van der Waals surface area contributed by atoms with E-state index < -0.39 is 0 Å². The van der Waals surface area contributed by atoms with Crippen molar-refractivity contribution in [3.63, 3.8) is 0 Å². The van der Waals surface area contributed by atoms with Gasteiger partial charge < -0.3 is 15.8 Å². The molecule has 1 amide bonds. The summed E-state index contributed by atoms with van der Waals surface area (Å²) < 4.78 is 5.34. The lowest BCUT2D eigenvalue weighted by atomic mass is 10.1. The molecule has 0 aromatic carbocycles. The second-order valence-electron chi connectivity index (χ2n) is 4.16. The number of nitrogens with zero attached hydrogens (tertiary/aromatic N) is 1. The van der Waals surface area contributed by atoms with Crippen molar-refractivity contribution in [2.24, 2.45) is 5.73 Å². The fourth-order valence-electron chi connectivity index (χ4n) is 1.93. The van der Waals surface area contributed by atoms with Crippen LogP contribution in [0.15, 0.2) is 0 Å². The van der Waals surface area contributed by atoms with E-state index >= 15 is 0 Å². The third kappa shape index (κ3) is 4.97. The maximum atomic E-state index is 11.6. The van der Waals surface area contributed by atoms with Crippen molar-refractivity contribution in [2.45, 2.75) is 25.3 Å². The molecule has 0 aliphatic carbocycles. The lowest BCUT2D eigenvalue weighted by Gasteiger charge is -2.34. The summed E-state index contributed by atoms with van der Waals surface area (Å²) in [6.45, 7) is 2.88. The van der Waals surface area contributed by atoms with Crippen LogP contribution in [0, 0.1) is 0 Å². The molecule has 1 unspecified atom stereocenters. The summed E-state index contributed by atoms with van der Waals surface area (Å²) in [5.74, 6) is 0.0269. The van der Waals surface area contributed by atoms with Gasteiger partial charge in [0.1, 0.15) is 6.04 Å². The number of likely N-dealkylation sites (N-methyl/N-ethyl adjacent to an activating group) is 1. The Balaban J connectivity index is 2.32. The van der Waals surface area contributed by atoms with Crippen molar-refractivity contribution in [1.82, 2.24) is 10.2 Å². The summed E-state index contributed by atoms with van der Waals surface area (Å²) >= 11 is 4.83. The van der Waals surface area contributed by atoms with Crippen LogP contribution in [0.3, 0.4) is 0 Å². The van der Waals surface area contributed by atoms with Gasteiger partial charge in [0.15, 0.2) is 0 Å². The van der Waals surface area contributed by atoms with Gasteiger partial charge in [0.05, 0.1) is 18.2 Å². The fourth-order valence-corrected chi connectivity index (χ4v) is 2.07. The summed E-state index contributed by atoms with van der Waals surface area (Å²) in [6.07, 6.45) is 2.77. The molecule has 17 heavy (non-hydrogen) atoms. The number of morpholine rings is 1. The maximum absolute atomic E-state index is 11.6. The highest BCUT2D eigenvalue weighted by Gasteiger charge is 2.27. The molecular formula is C11H21N3O2S. The number of thiocarbonyl (C=S) groups is 1. The molecule has 0 radical (unpaired) electrons. The monoisotopic (exact) mass is 259 g/mol. The molecule has 1 atom stereocenters. The van der Waals surface area contributed by atoms with E-state index in [1.54, 1.807) is 7.05 Å². The number of nitrogens with one attached hydrogen (secondary N) is 1. The van der Waals surface area contributed by atoms with Crippen molar-refractivity contribution in [1.29, 1.82) is 0 Å². The molecule has 1 saturated heterocycles. The Labute approximate surface area is 108 Å². The van der Waals surface area contributed by atoms with Crippen molar-refractivity contribution in [3.05, 3.63) is 0 Å². The highest BCUT2D eigenvalue weighted by atomic mass is 32.1. The van der Waals surface area contributed by atoms with E-state index in [1.165, 1.54) is 0 Å². The number of hydrogen-bond acceptors (Lipinski definition) is 4. The van der Waals surface area contributed by atoms with Gasteiger partial charge in [-0.1, -0.05) is 12.2 Å². The molecule has 3 N–H and O–H groups in total. The first kappa shape index (κ1) is 14.3. The van der Waals surface area contributed by atoms with Gasteiger partial charge in [-0.15, -0.1) is 0 Å². The third-order valence-corrected chi connectivity index (χ3v) is 3.11. The second kappa shape index (κ2) is 7.58. The summed E-state index contributed by atoms with van der Waals surface area (Å²) in [5.41, 5.74) is 5.44. The Bertz CT molecular complexity index is 273. The van der Waals surface area contributed by atoms with Crippen LogP contribution in [0.4, 0.5) is 0 Å². The van der Waals surface area contributed by atoms with Crippen LogP contribution < -0.4 is 11.1 Å². The lowest BCUT2D eigenvalue weighted by Crippen LogP contribution is -2.53. The molecule has 1 aliphatic rings. The standard InChI is InChI=1S/C11H21N3O2S/c1-13-11(15)9-8-16-7-6-14(9)5-3-2-4-10(12)17/h9H,2-8H2,1H3,(H2,12,17)(H,13,15). The largest absolute Gasteiger partial charge is 0.393 e. The van der Waals surface area contributed by atoms with Crippen LogP contribution in [-0.4, -0.2) is 55.2 Å². The van der Waals surface area contributed by atoms with E-state index in [9.17, 15) is 4.79 Å². The highest BCUT2D eigenvalue weighted by Crippen LogP contribution is 2.09. The molecule has 1 rings (SSSR count). The van der Waals surface area contributed by atoms with Gasteiger partial charge in [-0.2, -0.15) is 0 Å². The number of carbonyl (C=O) groups is 1. The molecule has 6 heteroatoms. The Kier molecular flexibility index (Phi) is 6.39. The van der Waals surface area contributed by atoms with Crippen molar-refractivity contribution >= 4 is 23.1 Å². The molecule has 1 aliphatic heterocycles. The van der Waals surface area contributed by atoms with Crippen LogP contribution in [0.5, 0.6) is 0 Å². The minimum atomic E-state index is -0.154. The lowest BCUT2D eigenvalue weighted by molar-refractivity contribution is -0.132. The first-order valence-electron chi connectivity index (χ1n) is 5.97. The smallest absolute Gasteiger partial charge is 0.239 e. The van der Waals surface area contributed by atoms with Crippen molar-refractivity contribution < 1.29 is 9.53 Å². The third-order valence-electron chi connectivity index (χ3n) is 2.91. The number of ether oxygens (including phenoxy) is 1. The summed E-state index contributed by atoms with van der Waals surface area (Å²) in [7, 11) is 1.65. The van der Waals surface area contributed by atoms with Crippen LogP contribution in [0.2, 0.25) is 0 Å². The van der Waals surface area contributed by atoms with Crippen molar-refractivity contribution in [3.8, 4) is 0 Å². The molecule has 0 aromatic rings. The molecular weight excluding hydrogens is 238 g/mol. The van der Waals surface area contributed by atoms with Crippen molar-refractivity contribution in [2.75, 3.05) is 33.4 Å². The summed E-state index contributed by atoms with van der Waals surface area (Å²) in [6, 6.07) is -0.154. The predicted molar refractivity (Wildman–Crippen MR) is 70.9 cm³/mol. The number of amides is 1. The molecule has 98 valence electrons. The normalized spacial score (nSPS) is 21.1. The Morgan fingerprint density at radius 2 is 2.35 bits per heavy atom. The minimum absolute atomic E-state index is 0.0269. The second-order valence-corrected chi connectivity index (χ2v) is 4.69. The van der Waals surface area contributed by atoms with Gasteiger partial charge in [0.2, 0.25) is 5.91 Å². The number of hydrogen-bond donors (Lipinski definition) is 2. The van der Waals surface area contributed by atoms with Gasteiger partial charge in [0, 0.05) is 13.6 Å². The van der Waals surface area contributed by atoms with Crippen LogP contribution in [-0.2, 0) is 9.53 Å². The molecule has 0 aromatic heterocycles. The summed E-state index contributed by atoms with van der Waals surface area (Å²) in [4.78, 5) is 14.4. The summed E-state index contributed by atoms with van der Waals surface area (Å²) in [5, 5.41) is 2.67. The molecule has 1 heterocycles. The average molecular weight is 259 g/mol. The minimum Gasteiger partial charge on any atom is -0.393 e. The highest BCUT2D eigenvalue weighted by molar-refractivity contribution is 7.80. The Morgan fingerprint density at radius 3 is 3.00 bits per heavy atom. The SMILES string of the molecule is CNC(=O)C1COCCN1CCCCC(N)=S. The van der Waals surface area contributed by atoms with E-state index in [0.717, 1.165) is 32.4 Å². The molecule has 5 nitrogen and oxygen atoms in total. The van der Waals surface area contributed by atoms with E-state index in [0.29, 0.717) is 18.2 Å². The number of carbonyl (C=O) groups excluding carboxylic acids is 1. The molecule has 1 fully saturated rings. The van der Waals surface area contributed by atoms with Crippen LogP contribution in [0.25, 0.3) is 0 Å². The van der Waals surface area contributed by atoms with Gasteiger partial charge in [0.25, 0.3) is 0 Å². The molecule has 0 saturated carbocycles. The fraction of sp³-hybridized carbons (Fsp3) is 0.818. The van der Waals surface area contributed by atoms with E-state index in [1.807, 2.05) is 0 Å². The van der Waals surface area contributed by atoms with E-state index in [2.05, 4.69) is 10.2 Å². The average Bonchev–Trinajstić information content (AvgIpc) is 2.34. The van der Waals surface area contributed by atoms with Crippen LogP contribution in [0.1, 0.15) is 19.3 Å². The van der Waals surface area contributed by atoms with Gasteiger partial charge in [-0.3, -0.25) is 9.69 Å². The Hall–Kier alpha value is -0.720. The quantitative estimate of drug-likeness (QED) is 0.514. The Morgan fingerprint density at radius 1 is 1.59 bits per heavy atom. The van der Waals surface area contributed by atoms with Crippen LogP contribution >= 0.6 is 12.2 Å². The van der Waals surface area contributed by atoms with E-state index in [4.69, 9.17) is 22.7 Å². The van der Waals surface area contributed by atoms with Gasteiger partial charge >= 0.3 is 0 Å². The zero-order chi connectivity index (χ0) is 12.7. The molecule has 0 bridgehead atoms. The van der Waals surface area contributed by atoms with Gasteiger partial charge in [-0.25, -0.2) is 0 Å². The molecule has 0 spiro atoms. The zero-order valence-electron chi connectivity index (χ0n) is 10.3.